The van der Waals surface area contributed by atoms with Crippen molar-refractivity contribution in [3.8, 4) is 0 Å². The van der Waals surface area contributed by atoms with Crippen LogP contribution >= 0.6 is 11.3 Å². The summed E-state index contributed by atoms with van der Waals surface area (Å²) in [6, 6.07) is 14.5. The Hall–Kier alpha value is -1.69. The summed E-state index contributed by atoms with van der Waals surface area (Å²) < 4.78 is 0. The van der Waals surface area contributed by atoms with Crippen molar-refractivity contribution in [3.63, 3.8) is 0 Å². The van der Waals surface area contributed by atoms with Crippen LogP contribution < -0.4 is 11.1 Å². The molecule has 1 aromatic carbocycles. The maximum absolute atomic E-state index is 12.2. The molecule has 0 aliphatic carbocycles. The van der Waals surface area contributed by atoms with Crippen LogP contribution in [0.25, 0.3) is 0 Å². The average molecular weight is 329 g/mol. The number of thiophene rings is 1. The van der Waals surface area contributed by atoms with Crippen molar-refractivity contribution in [1.82, 2.24) is 10.2 Å². The molecule has 0 radical (unpaired) electrons. The van der Waals surface area contributed by atoms with E-state index in [2.05, 4.69) is 34.5 Å². The van der Waals surface area contributed by atoms with Crippen molar-refractivity contribution in [2.45, 2.75) is 12.5 Å². The fourth-order valence-electron chi connectivity index (χ4n) is 3.26. The summed E-state index contributed by atoms with van der Waals surface area (Å²) in [5.41, 5.74) is 7.28. The van der Waals surface area contributed by atoms with Crippen LogP contribution in [-0.4, -0.2) is 37.0 Å². The number of nitrogens with one attached hydrogen (secondary N) is 1. The Kier molecular flexibility index (Phi) is 5.43. The summed E-state index contributed by atoms with van der Waals surface area (Å²) in [5, 5.41) is 5.02. The lowest BCUT2D eigenvalue weighted by atomic mass is 9.89. The molecular formula is C18H23N3OS. The molecule has 0 spiro atoms. The third-order valence-electron chi connectivity index (χ3n) is 4.45. The highest BCUT2D eigenvalue weighted by Gasteiger charge is 2.33. The summed E-state index contributed by atoms with van der Waals surface area (Å²) >= 11 is 1.66. The van der Waals surface area contributed by atoms with Gasteiger partial charge >= 0.3 is 0 Å². The molecule has 1 aromatic heterocycles. The normalized spacial score (nSPS) is 21.4. The third kappa shape index (κ3) is 4.19. The van der Waals surface area contributed by atoms with Gasteiger partial charge in [0.25, 0.3) is 0 Å². The topological polar surface area (TPSA) is 58.4 Å². The van der Waals surface area contributed by atoms with Gasteiger partial charge in [0.2, 0.25) is 5.91 Å². The van der Waals surface area contributed by atoms with Crippen molar-refractivity contribution >= 4 is 17.2 Å². The van der Waals surface area contributed by atoms with Crippen molar-refractivity contribution in [1.29, 1.82) is 0 Å². The molecular weight excluding hydrogens is 306 g/mol. The van der Waals surface area contributed by atoms with E-state index in [1.165, 1.54) is 10.4 Å². The maximum atomic E-state index is 12.2. The number of rotatable bonds is 6. The predicted molar refractivity (Wildman–Crippen MR) is 94.3 cm³/mol. The van der Waals surface area contributed by atoms with E-state index in [1.54, 1.807) is 11.3 Å². The lowest BCUT2D eigenvalue weighted by molar-refractivity contribution is -0.122. The molecule has 0 unspecified atom stereocenters. The molecule has 1 aliphatic heterocycles. The number of benzene rings is 1. The molecule has 3 N–H and O–H groups in total. The molecule has 2 aromatic rings. The SMILES string of the molecule is NC[C@@H]1CN(CC(=O)NCc2cccs2)C[C@H]1c1ccccc1. The van der Waals surface area contributed by atoms with Crippen LogP contribution in [0.2, 0.25) is 0 Å². The van der Waals surface area contributed by atoms with Crippen LogP contribution in [0.5, 0.6) is 0 Å². The van der Waals surface area contributed by atoms with Crippen LogP contribution in [0.4, 0.5) is 0 Å². The fourth-order valence-corrected chi connectivity index (χ4v) is 3.91. The largest absolute Gasteiger partial charge is 0.350 e. The van der Waals surface area contributed by atoms with Crippen LogP contribution in [0, 0.1) is 5.92 Å². The molecule has 0 saturated carbocycles. The zero-order chi connectivity index (χ0) is 16.1. The second kappa shape index (κ2) is 7.73. The lowest BCUT2D eigenvalue weighted by Gasteiger charge is -2.16. The fraction of sp³-hybridized carbons (Fsp3) is 0.389. The van der Waals surface area contributed by atoms with Crippen molar-refractivity contribution in [2.24, 2.45) is 11.7 Å². The molecule has 2 atom stereocenters. The molecule has 0 bridgehead atoms. The molecule has 5 heteroatoms. The monoisotopic (exact) mass is 329 g/mol. The molecule has 4 nitrogen and oxygen atoms in total. The molecule has 1 amide bonds. The Labute approximate surface area is 141 Å². The van der Waals surface area contributed by atoms with E-state index >= 15 is 0 Å². The maximum Gasteiger partial charge on any atom is 0.234 e. The Bertz CT molecular complexity index is 614. The van der Waals surface area contributed by atoms with Gasteiger partial charge in [0.1, 0.15) is 0 Å². The number of hydrogen-bond acceptors (Lipinski definition) is 4. The smallest absolute Gasteiger partial charge is 0.234 e. The second-order valence-electron chi connectivity index (χ2n) is 6.06. The first kappa shape index (κ1) is 16.2. The zero-order valence-electron chi connectivity index (χ0n) is 13.2. The quantitative estimate of drug-likeness (QED) is 0.853. The van der Waals surface area contributed by atoms with Gasteiger partial charge in [0.15, 0.2) is 0 Å². The Morgan fingerprint density at radius 3 is 2.74 bits per heavy atom. The Morgan fingerprint density at radius 2 is 2.04 bits per heavy atom. The third-order valence-corrected chi connectivity index (χ3v) is 5.33. The van der Waals surface area contributed by atoms with Gasteiger partial charge in [-0.1, -0.05) is 36.4 Å². The van der Waals surface area contributed by atoms with E-state index in [-0.39, 0.29) is 5.91 Å². The van der Waals surface area contributed by atoms with Crippen LogP contribution in [0.3, 0.4) is 0 Å². The minimum absolute atomic E-state index is 0.0860. The average Bonchev–Trinajstić information content (AvgIpc) is 3.23. The molecule has 122 valence electrons. The van der Waals surface area contributed by atoms with Crippen LogP contribution in [-0.2, 0) is 11.3 Å². The van der Waals surface area contributed by atoms with Crippen molar-refractivity contribution in [2.75, 3.05) is 26.2 Å². The summed E-state index contributed by atoms with van der Waals surface area (Å²) in [6.07, 6.45) is 0. The van der Waals surface area contributed by atoms with Crippen LogP contribution in [0.15, 0.2) is 47.8 Å². The Balaban J connectivity index is 1.54. The summed E-state index contributed by atoms with van der Waals surface area (Å²) in [4.78, 5) is 15.6. The first-order chi connectivity index (χ1) is 11.3. The standard InChI is InChI=1S/C18H23N3OS/c19-9-15-11-21(12-17(15)14-5-2-1-3-6-14)13-18(22)20-10-16-7-4-8-23-16/h1-8,15,17H,9-13,19H2,(H,20,22)/t15-,17+/m1/s1. The number of hydrogen-bond donors (Lipinski definition) is 2. The first-order valence-corrected chi connectivity index (χ1v) is 8.90. The minimum atomic E-state index is 0.0860. The van der Waals surface area contributed by atoms with E-state index in [9.17, 15) is 4.79 Å². The van der Waals surface area contributed by atoms with Gasteiger partial charge in [-0.15, -0.1) is 11.3 Å². The second-order valence-corrected chi connectivity index (χ2v) is 7.10. The van der Waals surface area contributed by atoms with Gasteiger partial charge in [-0.2, -0.15) is 0 Å². The van der Waals surface area contributed by atoms with E-state index in [0.29, 0.717) is 31.5 Å². The van der Waals surface area contributed by atoms with E-state index in [0.717, 1.165) is 13.1 Å². The van der Waals surface area contributed by atoms with E-state index < -0.39 is 0 Å². The lowest BCUT2D eigenvalue weighted by Crippen LogP contribution is -2.36. The number of likely N-dealkylation sites (tertiary alicyclic amines) is 1. The number of nitrogens with two attached hydrogens (primary N) is 1. The van der Waals surface area contributed by atoms with Gasteiger partial charge in [-0.25, -0.2) is 0 Å². The Morgan fingerprint density at radius 1 is 1.22 bits per heavy atom. The van der Waals surface area contributed by atoms with Crippen molar-refractivity contribution in [3.05, 3.63) is 58.3 Å². The summed E-state index contributed by atoms with van der Waals surface area (Å²) in [7, 11) is 0. The molecule has 1 fully saturated rings. The highest BCUT2D eigenvalue weighted by atomic mass is 32.1. The highest BCUT2D eigenvalue weighted by molar-refractivity contribution is 7.09. The molecule has 23 heavy (non-hydrogen) atoms. The first-order valence-electron chi connectivity index (χ1n) is 8.02. The summed E-state index contributed by atoms with van der Waals surface area (Å²) in [6.45, 7) is 3.52. The van der Waals surface area contributed by atoms with Gasteiger partial charge in [-0.3, -0.25) is 9.69 Å². The van der Waals surface area contributed by atoms with Crippen LogP contribution in [0.1, 0.15) is 16.4 Å². The van der Waals surface area contributed by atoms with Gasteiger partial charge in [-0.05, 0) is 29.5 Å². The summed E-state index contributed by atoms with van der Waals surface area (Å²) in [5.74, 6) is 0.927. The predicted octanol–water partition coefficient (Wildman–Crippen LogP) is 2.04. The minimum Gasteiger partial charge on any atom is -0.350 e. The number of carbonyl (C=O) groups excluding carboxylic acids is 1. The number of nitrogens with zero attached hydrogens (tertiary/aromatic N) is 1. The van der Waals surface area contributed by atoms with E-state index in [4.69, 9.17) is 5.73 Å². The highest BCUT2D eigenvalue weighted by Crippen LogP contribution is 2.31. The molecule has 1 aliphatic rings. The van der Waals surface area contributed by atoms with Gasteiger partial charge in [0, 0.05) is 23.9 Å². The van der Waals surface area contributed by atoms with E-state index in [1.807, 2.05) is 23.6 Å². The zero-order valence-corrected chi connectivity index (χ0v) is 14.0. The van der Waals surface area contributed by atoms with Gasteiger partial charge < -0.3 is 11.1 Å². The molecule has 1 saturated heterocycles. The number of amides is 1. The van der Waals surface area contributed by atoms with Crippen molar-refractivity contribution < 1.29 is 4.79 Å². The molecule has 2 heterocycles. The molecule has 3 rings (SSSR count). The van der Waals surface area contributed by atoms with Gasteiger partial charge in [0.05, 0.1) is 13.1 Å². The number of carbonyl (C=O) groups is 1.